The fourth-order valence-electron chi connectivity index (χ4n) is 1.89. The molecule has 1 heterocycles. The second-order valence-electron chi connectivity index (χ2n) is 5.70. The lowest BCUT2D eigenvalue weighted by Gasteiger charge is -2.32. The van der Waals surface area contributed by atoms with Crippen LogP contribution >= 0.6 is 15.9 Å². The van der Waals surface area contributed by atoms with Gasteiger partial charge in [0.05, 0.1) is 17.8 Å². The van der Waals surface area contributed by atoms with Crippen LogP contribution < -0.4 is 10.2 Å². The lowest BCUT2D eigenvalue weighted by molar-refractivity contribution is 0.00578. The van der Waals surface area contributed by atoms with E-state index < -0.39 is 0 Å². The molecular formula is C14H20BBrO3. The molecule has 1 saturated heterocycles. The molecule has 0 spiro atoms. The van der Waals surface area contributed by atoms with Gasteiger partial charge in [0, 0.05) is 5.33 Å². The van der Waals surface area contributed by atoms with Crippen molar-refractivity contribution in [3.05, 3.63) is 24.3 Å². The Morgan fingerprint density at radius 2 is 1.79 bits per heavy atom. The predicted molar refractivity (Wildman–Crippen MR) is 81.4 cm³/mol. The SMILES string of the molecule is CC1(C)OB(c2cccc(OCCBr)c2)OC1(C)C. The van der Waals surface area contributed by atoms with Crippen molar-refractivity contribution in [2.45, 2.75) is 38.9 Å². The zero-order chi connectivity index (χ0) is 14.1. The topological polar surface area (TPSA) is 27.7 Å². The summed E-state index contributed by atoms with van der Waals surface area (Å²) in [6, 6.07) is 7.88. The molecule has 1 aliphatic rings. The number of halogens is 1. The molecule has 0 radical (unpaired) electrons. The molecule has 5 heteroatoms. The molecule has 1 aromatic carbocycles. The molecule has 1 fully saturated rings. The van der Waals surface area contributed by atoms with Gasteiger partial charge in [-0.3, -0.25) is 0 Å². The van der Waals surface area contributed by atoms with E-state index in [9.17, 15) is 0 Å². The highest BCUT2D eigenvalue weighted by Crippen LogP contribution is 2.36. The smallest absolute Gasteiger partial charge is 0.493 e. The summed E-state index contributed by atoms with van der Waals surface area (Å²) >= 11 is 3.35. The third-order valence-electron chi connectivity index (χ3n) is 3.73. The average Bonchev–Trinajstić information content (AvgIpc) is 2.56. The standard InChI is InChI=1S/C14H20BBrO3/c1-13(2)14(3,4)19-15(18-13)11-6-5-7-12(10-11)17-9-8-16/h5-7,10H,8-9H2,1-4H3. The Balaban J connectivity index is 2.15. The van der Waals surface area contributed by atoms with E-state index in [-0.39, 0.29) is 18.3 Å². The Kier molecular flexibility index (Phi) is 4.28. The molecule has 1 aromatic rings. The highest BCUT2D eigenvalue weighted by Gasteiger charge is 2.51. The Morgan fingerprint density at radius 1 is 1.16 bits per heavy atom. The van der Waals surface area contributed by atoms with Crippen LogP contribution in [0.3, 0.4) is 0 Å². The van der Waals surface area contributed by atoms with Crippen molar-refractivity contribution in [2.75, 3.05) is 11.9 Å². The van der Waals surface area contributed by atoms with Crippen molar-refractivity contribution in [1.82, 2.24) is 0 Å². The van der Waals surface area contributed by atoms with E-state index in [1.165, 1.54) is 0 Å². The first-order valence-corrected chi connectivity index (χ1v) is 7.62. The number of alkyl halides is 1. The molecular weight excluding hydrogens is 307 g/mol. The highest BCUT2D eigenvalue weighted by atomic mass is 79.9. The first-order chi connectivity index (χ1) is 8.86. The van der Waals surface area contributed by atoms with Crippen LogP contribution in [0.25, 0.3) is 0 Å². The predicted octanol–water partition coefficient (Wildman–Crippen LogP) is 2.76. The molecule has 0 aliphatic carbocycles. The van der Waals surface area contributed by atoms with Crippen LogP contribution in [-0.2, 0) is 9.31 Å². The van der Waals surface area contributed by atoms with Crippen LogP contribution in [-0.4, -0.2) is 30.3 Å². The van der Waals surface area contributed by atoms with Gasteiger partial charge in [-0.2, -0.15) is 0 Å². The quantitative estimate of drug-likeness (QED) is 0.629. The second-order valence-corrected chi connectivity index (χ2v) is 6.49. The van der Waals surface area contributed by atoms with E-state index in [1.54, 1.807) is 0 Å². The van der Waals surface area contributed by atoms with Gasteiger partial charge in [-0.25, -0.2) is 0 Å². The Morgan fingerprint density at radius 3 is 2.37 bits per heavy atom. The molecule has 104 valence electrons. The van der Waals surface area contributed by atoms with E-state index >= 15 is 0 Å². The molecule has 3 nitrogen and oxygen atoms in total. The molecule has 0 amide bonds. The van der Waals surface area contributed by atoms with Crippen molar-refractivity contribution >= 4 is 28.5 Å². The molecule has 0 unspecified atom stereocenters. The number of ether oxygens (including phenoxy) is 1. The van der Waals surface area contributed by atoms with Gasteiger partial charge in [0.25, 0.3) is 0 Å². The Bertz CT molecular complexity index is 432. The molecule has 0 N–H and O–H groups in total. The minimum absolute atomic E-state index is 0.315. The van der Waals surface area contributed by atoms with E-state index in [0.29, 0.717) is 6.61 Å². The minimum Gasteiger partial charge on any atom is -0.493 e. The van der Waals surface area contributed by atoms with Crippen molar-refractivity contribution in [3.63, 3.8) is 0 Å². The lowest BCUT2D eigenvalue weighted by Crippen LogP contribution is -2.41. The van der Waals surface area contributed by atoms with Gasteiger partial charge in [-0.05, 0) is 45.3 Å². The van der Waals surface area contributed by atoms with E-state index in [2.05, 4.69) is 43.6 Å². The fraction of sp³-hybridized carbons (Fsp3) is 0.571. The summed E-state index contributed by atoms with van der Waals surface area (Å²) in [6.45, 7) is 8.86. The molecule has 0 bridgehead atoms. The maximum Gasteiger partial charge on any atom is 0.494 e. The van der Waals surface area contributed by atoms with E-state index in [4.69, 9.17) is 14.0 Å². The van der Waals surface area contributed by atoms with E-state index in [0.717, 1.165) is 16.5 Å². The van der Waals surface area contributed by atoms with Crippen molar-refractivity contribution in [3.8, 4) is 5.75 Å². The summed E-state index contributed by atoms with van der Waals surface area (Å²) in [5.74, 6) is 0.840. The maximum absolute atomic E-state index is 6.02. The summed E-state index contributed by atoms with van der Waals surface area (Å²) in [7, 11) is -0.336. The first-order valence-electron chi connectivity index (χ1n) is 6.50. The zero-order valence-corrected chi connectivity index (χ0v) is 13.5. The number of benzene rings is 1. The molecule has 1 aliphatic heterocycles. The van der Waals surface area contributed by atoms with Crippen LogP contribution in [0.2, 0.25) is 0 Å². The monoisotopic (exact) mass is 326 g/mol. The third kappa shape index (κ3) is 3.15. The number of hydrogen-bond acceptors (Lipinski definition) is 3. The van der Waals surface area contributed by atoms with Gasteiger partial charge in [0.1, 0.15) is 5.75 Å². The summed E-state index contributed by atoms with van der Waals surface area (Å²) < 4.78 is 17.6. The van der Waals surface area contributed by atoms with Crippen molar-refractivity contribution in [1.29, 1.82) is 0 Å². The van der Waals surface area contributed by atoms with Gasteiger partial charge in [0.2, 0.25) is 0 Å². The summed E-state index contributed by atoms with van der Waals surface area (Å²) in [5, 5.41) is 0.813. The summed E-state index contributed by atoms with van der Waals surface area (Å²) in [6.07, 6.45) is 0. The maximum atomic E-state index is 6.02. The van der Waals surface area contributed by atoms with E-state index in [1.807, 2.05) is 24.3 Å². The summed E-state index contributed by atoms with van der Waals surface area (Å²) in [5.41, 5.74) is 0.361. The largest absolute Gasteiger partial charge is 0.494 e. The van der Waals surface area contributed by atoms with Gasteiger partial charge >= 0.3 is 7.12 Å². The Labute approximate surface area is 123 Å². The van der Waals surface area contributed by atoms with Crippen LogP contribution in [0.5, 0.6) is 5.75 Å². The van der Waals surface area contributed by atoms with Crippen molar-refractivity contribution < 1.29 is 14.0 Å². The third-order valence-corrected chi connectivity index (χ3v) is 4.05. The van der Waals surface area contributed by atoms with Crippen molar-refractivity contribution in [2.24, 2.45) is 0 Å². The van der Waals surface area contributed by atoms with Gasteiger partial charge < -0.3 is 14.0 Å². The number of rotatable bonds is 4. The number of hydrogen-bond donors (Lipinski definition) is 0. The van der Waals surface area contributed by atoms with Gasteiger partial charge in [-0.15, -0.1) is 0 Å². The van der Waals surface area contributed by atoms with Crippen LogP contribution in [0.15, 0.2) is 24.3 Å². The minimum atomic E-state index is -0.336. The van der Waals surface area contributed by atoms with Crippen LogP contribution in [0, 0.1) is 0 Å². The Hall–Kier alpha value is -0.515. The van der Waals surface area contributed by atoms with Gasteiger partial charge in [-0.1, -0.05) is 28.1 Å². The zero-order valence-electron chi connectivity index (χ0n) is 11.9. The summed E-state index contributed by atoms with van der Waals surface area (Å²) in [4.78, 5) is 0. The van der Waals surface area contributed by atoms with Crippen LogP contribution in [0.1, 0.15) is 27.7 Å². The lowest BCUT2D eigenvalue weighted by atomic mass is 9.79. The molecule has 2 rings (SSSR count). The fourth-order valence-corrected chi connectivity index (χ4v) is 2.05. The molecule has 19 heavy (non-hydrogen) atoms. The average molecular weight is 327 g/mol. The first kappa shape index (κ1) is 14.9. The molecule has 0 aromatic heterocycles. The molecule has 0 atom stereocenters. The highest BCUT2D eigenvalue weighted by molar-refractivity contribution is 9.09. The van der Waals surface area contributed by atoms with Gasteiger partial charge in [0.15, 0.2) is 0 Å². The van der Waals surface area contributed by atoms with Crippen LogP contribution in [0.4, 0.5) is 0 Å². The molecule has 0 saturated carbocycles. The second kappa shape index (κ2) is 5.47. The normalized spacial score (nSPS) is 20.6.